The van der Waals surface area contributed by atoms with Crippen molar-refractivity contribution in [2.75, 3.05) is 0 Å². The van der Waals surface area contributed by atoms with Gasteiger partial charge in [0, 0.05) is 17.8 Å². The summed E-state index contributed by atoms with van der Waals surface area (Å²) in [6.45, 7) is 0. The Hall–Kier alpha value is -2.20. The molecule has 0 fully saturated rings. The highest BCUT2D eigenvalue weighted by atomic mass is 35.5. The smallest absolute Gasteiger partial charge is 0.218 e. The fourth-order valence-corrected chi connectivity index (χ4v) is 2.36. The predicted octanol–water partition coefficient (Wildman–Crippen LogP) is 3.53. The first-order valence-corrected chi connectivity index (χ1v) is 5.95. The number of pyridine rings is 1. The number of hydrogen-bond acceptors (Lipinski definition) is 2. The second-order valence-electron chi connectivity index (χ2n) is 4.02. The van der Waals surface area contributed by atoms with Gasteiger partial charge in [-0.2, -0.15) is 0 Å². The number of carbonyl (C=O) groups excluding carboxylic acids is 1. The Kier molecular flexibility index (Phi) is 2.80. The van der Waals surface area contributed by atoms with Gasteiger partial charge in [-0.15, -0.1) is 0 Å². The molecular formula is C14H8ClFN2O. The number of benzene rings is 1. The van der Waals surface area contributed by atoms with Gasteiger partial charge in [0.05, 0.1) is 21.8 Å². The van der Waals surface area contributed by atoms with Crippen LogP contribution in [0.4, 0.5) is 4.39 Å². The molecule has 0 unspecified atom stereocenters. The monoisotopic (exact) mass is 274 g/mol. The van der Waals surface area contributed by atoms with Crippen molar-refractivity contribution in [3.8, 4) is 11.3 Å². The van der Waals surface area contributed by atoms with E-state index < -0.39 is 5.82 Å². The molecule has 19 heavy (non-hydrogen) atoms. The van der Waals surface area contributed by atoms with Crippen molar-refractivity contribution in [1.29, 1.82) is 0 Å². The SMILES string of the molecule is O=Cn1ccc2c(-c3c(F)cccc3Cl)nccc21. The third-order valence-electron chi connectivity index (χ3n) is 2.96. The Morgan fingerprint density at radius 1 is 1.26 bits per heavy atom. The normalized spacial score (nSPS) is 10.8. The minimum Gasteiger partial charge on any atom is -0.290 e. The molecular weight excluding hydrogens is 267 g/mol. The van der Waals surface area contributed by atoms with Gasteiger partial charge in [0.2, 0.25) is 6.41 Å². The van der Waals surface area contributed by atoms with Crippen molar-refractivity contribution in [1.82, 2.24) is 9.55 Å². The van der Waals surface area contributed by atoms with Crippen molar-refractivity contribution >= 4 is 28.9 Å². The molecule has 0 radical (unpaired) electrons. The first-order valence-electron chi connectivity index (χ1n) is 5.57. The minimum atomic E-state index is -0.439. The van der Waals surface area contributed by atoms with Gasteiger partial charge in [0.25, 0.3) is 0 Å². The summed E-state index contributed by atoms with van der Waals surface area (Å²) in [6.07, 6.45) is 3.83. The Balaban J connectivity index is 2.37. The van der Waals surface area contributed by atoms with Crippen LogP contribution in [0.3, 0.4) is 0 Å². The van der Waals surface area contributed by atoms with Crippen LogP contribution in [-0.4, -0.2) is 16.0 Å². The lowest BCUT2D eigenvalue weighted by molar-refractivity contribution is 0.549. The van der Waals surface area contributed by atoms with E-state index in [-0.39, 0.29) is 5.56 Å². The minimum absolute atomic E-state index is 0.249. The lowest BCUT2D eigenvalue weighted by Crippen LogP contribution is -1.93. The molecule has 0 saturated heterocycles. The van der Waals surface area contributed by atoms with Crippen LogP contribution < -0.4 is 0 Å². The maximum absolute atomic E-state index is 14.0. The molecule has 3 nitrogen and oxygen atoms in total. The summed E-state index contributed by atoms with van der Waals surface area (Å²) < 4.78 is 15.4. The zero-order valence-corrected chi connectivity index (χ0v) is 10.4. The summed E-state index contributed by atoms with van der Waals surface area (Å²) in [4.78, 5) is 15.1. The molecule has 2 aromatic heterocycles. The van der Waals surface area contributed by atoms with Crippen LogP contribution in [0.25, 0.3) is 22.2 Å². The lowest BCUT2D eigenvalue weighted by Gasteiger charge is -2.06. The molecule has 1 aromatic carbocycles. The highest BCUT2D eigenvalue weighted by Gasteiger charge is 2.15. The Bertz CT molecular complexity index is 762. The van der Waals surface area contributed by atoms with E-state index in [0.29, 0.717) is 28.0 Å². The number of carbonyl (C=O) groups is 1. The van der Waals surface area contributed by atoms with Gasteiger partial charge in [0.15, 0.2) is 0 Å². The van der Waals surface area contributed by atoms with E-state index in [1.165, 1.54) is 22.9 Å². The van der Waals surface area contributed by atoms with Crippen LogP contribution in [0.15, 0.2) is 42.7 Å². The van der Waals surface area contributed by atoms with Crippen LogP contribution in [0.1, 0.15) is 0 Å². The first kappa shape index (κ1) is 11.9. The van der Waals surface area contributed by atoms with E-state index in [9.17, 15) is 9.18 Å². The molecule has 0 spiro atoms. The van der Waals surface area contributed by atoms with Crippen LogP contribution >= 0.6 is 11.6 Å². The lowest BCUT2D eigenvalue weighted by atomic mass is 10.1. The molecule has 2 heterocycles. The van der Waals surface area contributed by atoms with Crippen molar-refractivity contribution in [3.05, 3.63) is 53.6 Å². The maximum Gasteiger partial charge on any atom is 0.218 e. The van der Waals surface area contributed by atoms with Crippen molar-refractivity contribution < 1.29 is 9.18 Å². The van der Waals surface area contributed by atoms with Gasteiger partial charge >= 0.3 is 0 Å². The molecule has 0 saturated carbocycles. The molecule has 0 aliphatic heterocycles. The van der Waals surface area contributed by atoms with Crippen LogP contribution in [0.2, 0.25) is 5.02 Å². The Morgan fingerprint density at radius 3 is 2.84 bits per heavy atom. The topological polar surface area (TPSA) is 34.9 Å². The molecule has 3 aromatic rings. The van der Waals surface area contributed by atoms with E-state index in [4.69, 9.17) is 11.6 Å². The van der Waals surface area contributed by atoms with Gasteiger partial charge in [-0.25, -0.2) is 4.39 Å². The van der Waals surface area contributed by atoms with Gasteiger partial charge < -0.3 is 0 Å². The largest absolute Gasteiger partial charge is 0.290 e. The fraction of sp³-hybridized carbons (Fsp3) is 0. The number of hydrogen-bond donors (Lipinski definition) is 0. The molecule has 0 amide bonds. The molecule has 3 rings (SSSR count). The maximum atomic E-state index is 14.0. The fourth-order valence-electron chi connectivity index (χ4n) is 2.10. The molecule has 0 aliphatic carbocycles. The summed E-state index contributed by atoms with van der Waals surface area (Å²) in [5.74, 6) is -0.439. The number of halogens is 2. The Labute approximate surface area is 113 Å². The van der Waals surface area contributed by atoms with Crippen LogP contribution in [0, 0.1) is 5.82 Å². The summed E-state index contributed by atoms with van der Waals surface area (Å²) in [7, 11) is 0. The molecule has 94 valence electrons. The first-order chi connectivity index (χ1) is 9.22. The van der Waals surface area contributed by atoms with E-state index in [1.807, 2.05) is 0 Å². The van der Waals surface area contributed by atoms with Crippen molar-refractivity contribution in [2.45, 2.75) is 0 Å². The number of fused-ring (bicyclic) bond motifs is 1. The van der Waals surface area contributed by atoms with Gasteiger partial charge in [-0.05, 0) is 24.3 Å². The van der Waals surface area contributed by atoms with Gasteiger partial charge in [-0.3, -0.25) is 14.3 Å². The quantitative estimate of drug-likeness (QED) is 0.670. The molecule has 0 bridgehead atoms. The molecule has 0 aliphatic rings. The average Bonchev–Trinajstić information content (AvgIpc) is 2.82. The highest BCUT2D eigenvalue weighted by molar-refractivity contribution is 6.33. The number of aromatic nitrogens is 2. The third kappa shape index (κ3) is 1.81. The predicted molar refractivity (Wildman–Crippen MR) is 72.3 cm³/mol. The van der Waals surface area contributed by atoms with Crippen LogP contribution in [-0.2, 0) is 4.79 Å². The van der Waals surface area contributed by atoms with E-state index in [2.05, 4.69) is 4.98 Å². The zero-order chi connectivity index (χ0) is 13.4. The summed E-state index contributed by atoms with van der Waals surface area (Å²) in [5.41, 5.74) is 1.35. The van der Waals surface area contributed by atoms with Gasteiger partial charge in [-0.1, -0.05) is 17.7 Å². The molecule has 0 atom stereocenters. The van der Waals surface area contributed by atoms with E-state index in [0.717, 1.165) is 0 Å². The van der Waals surface area contributed by atoms with E-state index in [1.54, 1.807) is 24.4 Å². The standard InChI is InChI=1S/C14H8ClFN2O/c15-10-2-1-3-11(16)13(10)14-9-5-7-18(8-19)12(9)4-6-17-14/h1-8H. The average molecular weight is 275 g/mol. The second kappa shape index (κ2) is 4.48. The number of nitrogens with zero attached hydrogens (tertiary/aromatic N) is 2. The zero-order valence-electron chi connectivity index (χ0n) is 9.68. The molecule has 5 heteroatoms. The summed E-state index contributed by atoms with van der Waals surface area (Å²) in [6, 6.07) is 7.89. The molecule has 0 N–H and O–H groups in total. The Morgan fingerprint density at radius 2 is 2.11 bits per heavy atom. The van der Waals surface area contributed by atoms with Crippen molar-refractivity contribution in [3.63, 3.8) is 0 Å². The third-order valence-corrected chi connectivity index (χ3v) is 3.28. The summed E-state index contributed by atoms with van der Waals surface area (Å²) >= 11 is 6.05. The number of rotatable bonds is 2. The van der Waals surface area contributed by atoms with Crippen molar-refractivity contribution in [2.24, 2.45) is 0 Å². The second-order valence-corrected chi connectivity index (χ2v) is 4.42. The van der Waals surface area contributed by atoms with Gasteiger partial charge in [0.1, 0.15) is 5.82 Å². The van der Waals surface area contributed by atoms with E-state index >= 15 is 0 Å². The highest BCUT2D eigenvalue weighted by Crippen LogP contribution is 2.33. The summed E-state index contributed by atoms with van der Waals surface area (Å²) in [5, 5.41) is 0.973. The van der Waals surface area contributed by atoms with Crippen LogP contribution in [0.5, 0.6) is 0 Å².